The number of aliphatic hydroxyl groups is 1. The second-order valence-corrected chi connectivity index (χ2v) is 7.23. The smallest absolute Gasteiger partial charge is 0.306 e. The van der Waals surface area contributed by atoms with Gasteiger partial charge in [0.2, 0.25) is 0 Å². The Bertz CT molecular complexity index is 451. The van der Waals surface area contributed by atoms with E-state index in [0.29, 0.717) is 38.7 Å². The lowest BCUT2D eigenvalue weighted by Gasteiger charge is -2.50. The van der Waals surface area contributed by atoms with Crippen LogP contribution in [0.15, 0.2) is 0 Å². The molecular weight excluding hydrogens is 286 g/mol. The van der Waals surface area contributed by atoms with Crippen molar-refractivity contribution in [3.63, 3.8) is 0 Å². The molecule has 1 spiro atoms. The van der Waals surface area contributed by atoms with Gasteiger partial charge in [-0.25, -0.2) is 0 Å². The molecule has 6 heteroatoms. The fourth-order valence-corrected chi connectivity index (χ4v) is 4.13. The van der Waals surface area contributed by atoms with E-state index in [9.17, 15) is 14.7 Å². The molecule has 1 heterocycles. The predicted octanol–water partition coefficient (Wildman–Crippen LogP) is 1.21. The molecule has 3 aliphatic rings. The summed E-state index contributed by atoms with van der Waals surface area (Å²) in [5.74, 6) is -1.35. The van der Waals surface area contributed by atoms with E-state index in [4.69, 9.17) is 9.84 Å². The van der Waals surface area contributed by atoms with E-state index in [1.165, 1.54) is 0 Å². The molecule has 1 saturated heterocycles. The monoisotopic (exact) mass is 311 g/mol. The van der Waals surface area contributed by atoms with Gasteiger partial charge in [-0.05, 0) is 38.5 Å². The average molecular weight is 311 g/mol. The Morgan fingerprint density at radius 2 is 1.77 bits per heavy atom. The van der Waals surface area contributed by atoms with Gasteiger partial charge in [-0.3, -0.25) is 9.59 Å². The quantitative estimate of drug-likeness (QED) is 0.728. The van der Waals surface area contributed by atoms with Gasteiger partial charge in [0.25, 0.3) is 5.91 Å². The van der Waals surface area contributed by atoms with Gasteiger partial charge >= 0.3 is 5.97 Å². The third-order valence-electron chi connectivity index (χ3n) is 5.52. The lowest BCUT2D eigenvalue weighted by molar-refractivity contribution is -0.183. The number of ether oxygens (including phenoxy) is 1. The predicted molar refractivity (Wildman–Crippen MR) is 78.2 cm³/mol. The molecule has 6 nitrogen and oxygen atoms in total. The summed E-state index contributed by atoms with van der Waals surface area (Å²) in [7, 11) is 0. The normalized spacial score (nSPS) is 37.3. The molecule has 1 atom stereocenters. The molecule has 1 amide bonds. The van der Waals surface area contributed by atoms with Crippen molar-refractivity contribution in [1.82, 2.24) is 5.32 Å². The molecule has 124 valence electrons. The van der Waals surface area contributed by atoms with Gasteiger partial charge in [-0.15, -0.1) is 0 Å². The van der Waals surface area contributed by atoms with Crippen LogP contribution in [0.25, 0.3) is 0 Å². The van der Waals surface area contributed by atoms with Crippen LogP contribution in [-0.2, 0) is 14.3 Å². The first-order valence-electron chi connectivity index (χ1n) is 8.33. The van der Waals surface area contributed by atoms with Crippen LogP contribution >= 0.6 is 0 Å². The van der Waals surface area contributed by atoms with Crippen LogP contribution in [0.1, 0.15) is 57.8 Å². The molecular formula is C16H25NO5. The number of carboxylic acid groups (broad SMARTS) is 1. The second-order valence-electron chi connectivity index (χ2n) is 7.23. The molecule has 0 radical (unpaired) electrons. The molecule has 3 fully saturated rings. The van der Waals surface area contributed by atoms with Crippen molar-refractivity contribution < 1.29 is 24.5 Å². The molecule has 0 aromatic heterocycles. The summed E-state index contributed by atoms with van der Waals surface area (Å²) in [6.07, 6.45) is 6.36. The van der Waals surface area contributed by atoms with Gasteiger partial charge in [0.05, 0.1) is 11.5 Å². The SMILES string of the molecule is O=C(O)C1CC2(CC(NC(=O)C3(O)CCCCC3)CCO2)C1. The van der Waals surface area contributed by atoms with Gasteiger partial charge in [-0.1, -0.05) is 19.3 Å². The Morgan fingerprint density at radius 3 is 2.41 bits per heavy atom. The van der Waals surface area contributed by atoms with Crippen LogP contribution in [0.4, 0.5) is 0 Å². The summed E-state index contributed by atoms with van der Waals surface area (Å²) >= 11 is 0. The van der Waals surface area contributed by atoms with Gasteiger partial charge in [0, 0.05) is 12.6 Å². The van der Waals surface area contributed by atoms with E-state index in [2.05, 4.69) is 5.32 Å². The van der Waals surface area contributed by atoms with Crippen LogP contribution in [0.5, 0.6) is 0 Å². The zero-order chi connectivity index (χ0) is 15.8. The van der Waals surface area contributed by atoms with Gasteiger partial charge in [-0.2, -0.15) is 0 Å². The van der Waals surface area contributed by atoms with Crippen LogP contribution in [0.3, 0.4) is 0 Å². The third kappa shape index (κ3) is 2.99. The molecule has 2 saturated carbocycles. The highest BCUT2D eigenvalue weighted by Gasteiger charge is 2.51. The minimum absolute atomic E-state index is 0.0260. The van der Waals surface area contributed by atoms with Crippen molar-refractivity contribution in [3.8, 4) is 0 Å². The van der Waals surface area contributed by atoms with Gasteiger partial charge in [0.15, 0.2) is 0 Å². The average Bonchev–Trinajstić information content (AvgIpc) is 2.45. The van der Waals surface area contributed by atoms with Gasteiger partial charge in [0.1, 0.15) is 5.60 Å². The number of hydrogen-bond acceptors (Lipinski definition) is 4. The van der Waals surface area contributed by atoms with Crippen molar-refractivity contribution in [2.24, 2.45) is 5.92 Å². The van der Waals surface area contributed by atoms with Crippen molar-refractivity contribution in [1.29, 1.82) is 0 Å². The van der Waals surface area contributed by atoms with Gasteiger partial charge < -0.3 is 20.3 Å². The minimum Gasteiger partial charge on any atom is -0.481 e. The third-order valence-corrected chi connectivity index (χ3v) is 5.52. The molecule has 3 N–H and O–H groups in total. The number of aliphatic carboxylic acids is 1. The summed E-state index contributed by atoms with van der Waals surface area (Å²) in [5, 5.41) is 22.4. The van der Waals surface area contributed by atoms with E-state index in [1.54, 1.807) is 0 Å². The van der Waals surface area contributed by atoms with Crippen LogP contribution in [-0.4, -0.2) is 45.9 Å². The Morgan fingerprint density at radius 1 is 1.09 bits per heavy atom. The van der Waals surface area contributed by atoms with E-state index >= 15 is 0 Å². The topological polar surface area (TPSA) is 95.9 Å². The molecule has 0 aromatic rings. The Labute approximate surface area is 130 Å². The maximum absolute atomic E-state index is 12.4. The van der Waals surface area contributed by atoms with Crippen LogP contribution in [0.2, 0.25) is 0 Å². The zero-order valence-electron chi connectivity index (χ0n) is 12.8. The molecule has 0 aromatic carbocycles. The van der Waals surface area contributed by atoms with Crippen molar-refractivity contribution >= 4 is 11.9 Å². The number of carboxylic acids is 1. The Hall–Kier alpha value is -1.14. The molecule has 0 bridgehead atoms. The lowest BCUT2D eigenvalue weighted by Crippen LogP contribution is -2.59. The first kappa shape index (κ1) is 15.7. The number of rotatable bonds is 3. The highest BCUT2D eigenvalue weighted by atomic mass is 16.5. The molecule has 2 aliphatic carbocycles. The minimum atomic E-state index is -1.22. The highest BCUT2D eigenvalue weighted by molar-refractivity contribution is 5.85. The fraction of sp³-hybridized carbons (Fsp3) is 0.875. The number of carbonyl (C=O) groups excluding carboxylic acids is 1. The molecule has 22 heavy (non-hydrogen) atoms. The van der Waals surface area contributed by atoms with Crippen molar-refractivity contribution in [2.45, 2.75) is 75.0 Å². The molecule has 1 unspecified atom stereocenters. The number of nitrogens with one attached hydrogen (secondary N) is 1. The van der Waals surface area contributed by atoms with E-state index < -0.39 is 11.6 Å². The van der Waals surface area contributed by atoms with Crippen molar-refractivity contribution in [2.75, 3.05) is 6.61 Å². The standard InChI is InChI=1S/C16H25NO5/c18-13(19)11-8-15(9-11)10-12(4-7-22-15)17-14(20)16(21)5-2-1-3-6-16/h11-12,21H,1-10H2,(H,17,20)(H,18,19). The summed E-state index contributed by atoms with van der Waals surface area (Å²) < 4.78 is 5.79. The van der Waals surface area contributed by atoms with E-state index in [1.807, 2.05) is 0 Å². The first-order valence-corrected chi connectivity index (χ1v) is 8.33. The summed E-state index contributed by atoms with van der Waals surface area (Å²) in [5.41, 5.74) is -1.60. The zero-order valence-corrected chi connectivity index (χ0v) is 12.8. The van der Waals surface area contributed by atoms with E-state index in [0.717, 1.165) is 25.7 Å². The summed E-state index contributed by atoms with van der Waals surface area (Å²) in [4.78, 5) is 23.3. The lowest BCUT2D eigenvalue weighted by atomic mass is 9.66. The summed E-state index contributed by atoms with van der Waals surface area (Å²) in [6.45, 7) is 0.537. The Kier molecular flexibility index (Phi) is 4.16. The van der Waals surface area contributed by atoms with Crippen molar-refractivity contribution in [3.05, 3.63) is 0 Å². The molecule has 3 rings (SSSR count). The van der Waals surface area contributed by atoms with Crippen LogP contribution < -0.4 is 5.32 Å². The summed E-state index contributed by atoms with van der Waals surface area (Å²) in [6, 6.07) is -0.0260. The number of carbonyl (C=O) groups is 2. The highest BCUT2D eigenvalue weighted by Crippen LogP contribution is 2.46. The maximum atomic E-state index is 12.4. The first-order chi connectivity index (χ1) is 10.4. The van der Waals surface area contributed by atoms with Crippen LogP contribution in [0, 0.1) is 5.92 Å². The maximum Gasteiger partial charge on any atom is 0.306 e. The largest absolute Gasteiger partial charge is 0.481 e. The van der Waals surface area contributed by atoms with E-state index in [-0.39, 0.29) is 23.5 Å². The Balaban J connectivity index is 1.55. The fourth-order valence-electron chi connectivity index (χ4n) is 4.13. The number of hydrogen-bond donors (Lipinski definition) is 3. The number of amides is 1. The molecule has 1 aliphatic heterocycles. The second kappa shape index (κ2) is 5.81.